The maximum atomic E-state index is 13.9. The first-order valence-electron chi connectivity index (χ1n) is 14.0. The highest BCUT2D eigenvalue weighted by atomic mass is 19.4. The molecule has 1 aliphatic heterocycles. The number of hydrogen-bond acceptors (Lipinski definition) is 6. The predicted molar refractivity (Wildman–Crippen MR) is 144 cm³/mol. The fraction of sp³-hybridized carbons (Fsp3) is 0.517. The van der Waals surface area contributed by atoms with Gasteiger partial charge in [0.25, 0.3) is 5.95 Å². The number of nitriles is 1. The van der Waals surface area contributed by atoms with Crippen LogP contribution in [0.1, 0.15) is 66.1 Å². The summed E-state index contributed by atoms with van der Waals surface area (Å²) in [7, 11) is 1.38. The van der Waals surface area contributed by atoms with Crippen molar-refractivity contribution >= 4 is 5.95 Å². The number of halogens is 9. The Hall–Kier alpha value is -3.87. The number of piperidine rings is 1. The summed E-state index contributed by atoms with van der Waals surface area (Å²) < 4.78 is 123. The first-order chi connectivity index (χ1) is 20.9. The molecule has 1 aromatic heterocycles. The molecule has 0 saturated carbocycles. The summed E-state index contributed by atoms with van der Waals surface area (Å²) >= 11 is 0. The maximum absolute atomic E-state index is 13.9. The normalized spacial score (nSPS) is 16.2. The van der Waals surface area contributed by atoms with Gasteiger partial charge < -0.3 is 4.90 Å². The first kappa shape index (κ1) is 34.0. The summed E-state index contributed by atoms with van der Waals surface area (Å²) in [6, 6.07) is 6.20. The zero-order valence-electron chi connectivity index (χ0n) is 24.5. The van der Waals surface area contributed by atoms with Crippen molar-refractivity contribution in [3.63, 3.8) is 0 Å². The molecule has 7 nitrogen and oxygen atoms in total. The van der Waals surface area contributed by atoms with Crippen molar-refractivity contribution in [2.75, 3.05) is 18.0 Å². The molecule has 3 aromatic rings. The summed E-state index contributed by atoms with van der Waals surface area (Å²) in [6.45, 7) is 3.83. The Morgan fingerprint density at radius 1 is 0.867 bits per heavy atom. The molecule has 45 heavy (non-hydrogen) atoms. The van der Waals surface area contributed by atoms with Crippen LogP contribution in [-0.2, 0) is 38.7 Å². The van der Waals surface area contributed by atoms with Gasteiger partial charge >= 0.3 is 18.5 Å². The average Bonchev–Trinajstić information content (AvgIpc) is 3.38. The Balaban J connectivity index is 1.82. The Bertz CT molecular complexity index is 1480. The SMILES string of the molecule is CC(C)C(c1ccc(C(F)(F)F)cc1CN(Cc1cc(C(F)(F)F)cc(C(F)(F)F)c1)c1nnn(C)n1)N1CCC(C#N)CC1. The summed E-state index contributed by atoms with van der Waals surface area (Å²) in [5.74, 6) is -0.462. The molecule has 0 bridgehead atoms. The van der Waals surface area contributed by atoms with Crippen LogP contribution in [0.2, 0.25) is 0 Å². The van der Waals surface area contributed by atoms with Crippen LogP contribution in [0.5, 0.6) is 0 Å². The third-order valence-electron chi connectivity index (χ3n) is 7.69. The molecule has 0 amide bonds. The number of aromatic nitrogens is 4. The van der Waals surface area contributed by atoms with Crippen LogP contribution < -0.4 is 4.90 Å². The topological polar surface area (TPSA) is 73.9 Å². The standard InChI is InChI=1S/C29H30F9N7/c1-17(2)25(44-8-6-18(14-39)7-9-44)24-5-4-21(27(30,31)32)12-20(24)16-45(26-40-42-43(3)41-26)15-19-10-22(28(33,34)35)13-23(11-19)29(36,37)38/h4-5,10-13,17-18,25H,6-9,15-16H2,1-3H3. The van der Waals surface area contributed by atoms with Crippen molar-refractivity contribution in [2.45, 2.75) is 64.3 Å². The number of anilines is 1. The number of alkyl halides is 9. The molecule has 1 fully saturated rings. The lowest BCUT2D eigenvalue weighted by Gasteiger charge is -2.39. The quantitative estimate of drug-likeness (QED) is 0.237. The molecule has 1 saturated heterocycles. The Morgan fingerprint density at radius 2 is 1.44 bits per heavy atom. The molecule has 1 unspecified atom stereocenters. The molecule has 0 aliphatic carbocycles. The lowest BCUT2D eigenvalue weighted by atomic mass is 9.87. The molecule has 0 spiro atoms. The largest absolute Gasteiger partial charge is 0.416 e. The number of aryl methyl sites for hydroxylation is 1. The van der Waals surface area contributed by atoms with Gasteiger partial charge in [-0.2, -0.15) is 49.6 Å². The van der Waals surface area contributed by atoms with Crippen molar-refractivity contribution in [3.8, 4) is 6.07 Å². The molecule has 0 radical (unpaired) electrons. The molecular formula is C29H30F9N7. The van der Waals surface area contributed by atoms with Crippen LogP contribution in [0.15, 0.2) is 36.4 Å². The van der Waals surface area contributed by atoms with Crippen molar-refractivity contribution in [3.05, 3.63) is 69.8 Å². The van der Waals surface area contributed by atoms with Crippen LogP contribution in [0.4, 0.5) is 45.5 Å². The van der Waals surface area contributed by atoms with Gasteiger partial charge in [-0.25, -0.2) is 0 Å². The van der Waals surface area contributed by atoms with Crippen molar-refractivity contribution in [1.29, 1.82) is 5.26 Å². The highest BCUT2D eigenvalue weighted by Crippen LogP contribution is 2.40. The number of likely N-dealkylation sites (tertiary alicyclic amines) is 1. The molecule has 1 atom stereocenters. The fourth-order valence-electron chi connectivity index (χ4n) is 5.63. The molecule has 2 aromatic carbocycles. The van der Waals surface area contributed by atoms with Gasteiger partial charge in [-0.1, -0.05) is 25.0 Å². The maximum Gasteiger partial charge on any atom is 0.416 e. The smallest absolute Gasteiger partial charge is 0.330 e. The van der Waals surface area contributed by atoms with E-state index in [1.807, 2.05) is 13.8 Å². The molecule has 2 heterocycles. The second kappa shape index (κ2) is 12.9. The van der Waals surface area contributed by atoms with Crippen LogP contribution in [0, 0.1) is 23.2 Å². The highest BCUT2D eigenvalue weighted by molar-refractivity contribution is 5.42. The summed E-state index contributed by atoms with van der Waals surface area (Å²) in [4.78, 5) is 4.29. The molecule has 0 N–H and O–H groups in total. The molecule has 4 rings (SSSR count). The van der Waals surface area contributed by atoms with E-state index in [2.05, 4.69) is 26.4 Å². The van der Waals surface area contributed by atoms with Crippen LogP contribution in [0.25, 0.3) is 0 Å². The number of nitrogens with zero attached hydrogens (tertiary/aromatic N) is 7. The minimum atomic E-state index is -5.09. The van der Waals surface area contributed by atoms with Crippen molar-refractivity contribution in [1.82, 2.24) is 25.1 Å². The zero-order chi connectivity index (χ0) is 33.3. The van der Waals surface area contributed by atoms with Crippen LogP contribution in [0.3, 0.4) is 0 Å². The zero-order valence-corrected chi connectivity index (χ0v) is 24.5. The van der Waals surface area contributed by atoms with Gasteiger partial charge in [-0.3, -0.25) is 4.90 Å². The molecule has 16 heteroatoms. The summed E-state index contributed by atoms with van der Waals surface area (Å²) in [5.41, 5.74) is -3.79. The van der Waals surface area contributed by atoms with Gasteiger partial charge in [-0.05, 0) is 71.0 Å². The Kier molecular flexibility index (Phi) is 9.72. The van der Waals surface area contributed by atoms with Crippen LogP contribution >= 0.6 is 0 Å². The minimum Gasteiger partial charge on any atom is -0.330 e. The van der Waals surface area contributed by atoms with Crippen molar-refractivity contribution < 1.29 is 39.5 Å². The van der Waals surface area contributed by atoms with E-state index in [1.165, 1.54) is 18.0 Å². The monoisotopic (exact) mass is 647 g/mol. The van der Waals surface area contributed by atoms with E-state index in [0.29, 0.717) is 43.6 Å². The van der Waals surface area contributed by atoms with Gasteiger partial charge in [0.05, 0.1) is 29.8 Å². The average molecular weight is 648 g/mol. The third-order valence-corrected chi connectivity index (χ3v) is 7.69. The molecule has 244 valence electrons. The number of benzene rings is 2. The summed E-state index contributed by atoms with van der Waals surface area (Å²) in [5, 5.41) is 20.9. The molecular weight excluding hydrogens is 617 g/mol. The van der Waals surface area contributed by atoms with E-state index in [4.69, 9.17) is 0 Å². The first-order valence-corrected chi connectivity index (χ1v) is 14.0. The number of hydrogen-bond donors (Lipinski definition) is 0. The van der Waals surface area contributed by atoms with E-state index in [-0.39, 0.29) is 36.0 Å². The van der Waals surface area contributed by atoms with E-state index >= 15 is 0 Å². The van der Waals surface area contributed by atoms with Gasteiger partial charge in [-0.15, -0.1) is 5.10 Å². The van der Waals surface area contributed by atoms with Gasteiger partial charge in [0.15, 0.2) is 0 Å². The minimum absolute atomic E-state index is 0.00203. The Labute approximate surface area is 253 Å². The lowest BCUT2D eigenvalue weighted by Crippen LogP contribution is -2.39. The Morgan fingerprint density at radius 3 is 1.91 bits per heavy atom. The van der Waals surface area contributed by atoms with Gasteiger partial charge in [0.1, 0.15) is 0 Å². The lowest BCUT2D eigenvalue weighted by molar-refractivity contribution is -0.143. The molecule has 1 aliphatic rings. The summed E-state index contributed by atoms with van der Waals surface area (Å²) in [6.07, 6.45) is -13.8. The van der Waals surface area contributed by atoms with Crippen molar-refractivity contribution in [2.24, 2.45) is 18.9 Å². The van der Waals surface area contributed by atoms with E-state index in [9.17, 15) is 44.8 Å². The fourth-order valence-corrected chi connectivity index (χ4v) is 5.63. The number of tetrazole rings is 1. The second-order valence-electron chi connectivity index (χ2n) is 11.4. The van der Waals surface area contributed by atoms with Gasteiger partial charge in [0.2, 0.25) is 0 Å². The van der Waals surface area contributed by atoms with E-state index in [0.717, 1.165) is 16.9 Å². The van der Waals surface area contributed by atoms with E-state index < -0.39 is 53.4 Å². The van der Waals surface area contributed by atoms with Crippen LogP contribution in [-0.4, -0.2) is 38.2 Å². The highest BCUT2D eigenvalue weighted by Gasteiger charge is 2.38. The third kappa shape index (κ3) is 8.24. The predicted octanol–water partition coefficient (Wildman–Crippen LogP) is 7.41. The van der Waals surface area contributed by atoms with E-state index in [1.54, 1.807) is 0 Å². The van der Waals surface area contributed by atoms with Gasteiger partial charge in [0, 0.05) is 38.1 Å². The second-order valence-corrected chi connectivity index (χ2v) is 11.4. The number of rotatable bonds is 8.